The second-order valence-corrected chi connectivity index (χ2v) is 13.3. The third kappa shape index (κ3) is 3.66. The summed E-state index contributed by atoms with van der Waals surface area (Å²) in [5.41, 5.74) is 15.9. The summed E-state index contributed by atoms with van der Waals surface area (Å²) in [7, 11) is 0. The van der Waals surface area contributed by atoms with Crippen LogP contribution in [0.1, 0.15) is 92.7 Å². The van der Waals surface area contributed by atoms with E-state index in [0.29, 0.717) is 17.8 Å². The van der Waals surface area contributed by atoms with E-state index < -0.39 is 0 Å². The Bertz CT molecular complexity index is 2120. The minimum Gasteiger partial charge on any atom is -0.308 e. The molecular weight excluding hydrogens is 496 g/mol. The molecule has 3 aromatic heterocycles. The number of hydrogen-bond donors (Lipinski definition) is 0. The normalized spacial score (nSPS) is 12.7. The summed E-state index contributed by atoms with van der Waals surface area (Å²) in [6.07, 6.45) is 2.01. The van der Waals surface area contributed by atoms with E-state index in [2.05, 4.69) is 121 Å². The molecule has 41 heavy (non-hydrogen) atoms. The van der Waals surface area contributed by atoms with Crippen molar-refractivity contribution in [1.29, 1.82) is 0 Å². The van der Waals surface area contributed by atoms with Crippen LogP contribution in [-0.2, 0) is 0 Å². The summed E-state index contributed by atoms with van der Waals surface area (Å²) >= 11 is 0. The van der Waals surface area contributed by atoms with E-state index in [1.807, 2.05) is 6.20 Å². The number of pyridine rings is 2. The highest BCUT2D eigenvalue weighted by Gasteiger charge is 2.26. The second kappa shape index (κ2) is 9.05. The summed E-state index contributed by atoms with van der Waals surface area (Å²) < 4.78 is 2.56. The molecular formula is C39H40N2. The lowest BCUT2D eigenvalue weighted by atomic mass is 9.80. The lowest BCUT2D eigenvalue weighted by Crippen LogP contribution is -2.04. The molecule has 0 fully saturated rings. The van der Waals surface area contributed by atoms with Gasteiger partial charge in [0.25, 0.3) is 0 Å². The number of nitrogens with zero attached hydrogens (tertiary/aromatic N) is 2. The summed E-state index contributed by atoms with van der Waals surface area (Å²) in [6.45, 7) is 20.7. The monoisotopic (exact) mass is 536 g/mol. The quantitative estimate of drug-likeness (QED) is 0.161. The van der Waals surface area contributed by atoms with E-state index in [1.165, 1.54) is 88.0 Å². The first kappa shape index (κ1) is 26.0. The third-order valence-corrected chi connectivity index (χ3v) is 9.24. The van der Waals surface area contributed by atoms with Crippen molar-refractivity contribution in [1.82, 2.24) is 9.38 Å². The van der Waals surface area contributed by atoms with Crippen molar-refractivity contribution >= 4 is 49.0 Å². The Hall–Kier alpha value is -3.91. The van der Waals surface area contributed by atoms with E-state index in [9.17, 15) is 0 Å². The second-order valence-electron chi connectivity index (χ2n) is 13.3. The highest BCUT2D eigenvalue weighted by molar-refractivity contribution is 6.31. The Morgan fingerprint density at radius 3 is 1.98 bits per heavy atom. The highest BCUT2D eigenvalue weighted by Crippen LogP contribution is 2.49. The molecule has 0 saturated heterocycles. The van der Waals surface area contributed by atoms with Crippen molar-refractivity contribution in [3.8, 4) is 11.1 Å². The predicted molar refractivity (Wildman–Crippen MR) is 178 cm³/mol. The van der Waals surface area contributed by atoms with Crippen molar-refractivity contribution in [2.24, 2.45) is 0 Å². The molecule has 0 atom stereocenters. The number of fused-ring (bicyclic) bond motifs is 6. The molecule has 0 amide bonds. The Labute approximate surface area is 243 Å². The number of aromatic nitrogens is 2. The zero-order chi connectivity index (χ0) is 28.9. The maximum atomic E-state index is 5.04. The summed E-state index contributed by atoms with van der Waals surface area (Å²) in [6, 6.07) is 21.3. The molecule has 7 aromatic rings. The number of rotatable bonds is 4. The molecule has 3 heterocycles. The molecule has 0 aliphatic heterocycles. The Morgan fingerprint density at radius 1 is 0.634 bits per heavy atom. The smallest absolute Gasteiger partial charge is 0.0822 e. The minimum atomic E-state index is 0.411. The first-order chi connectivity index (χ1) is 19.6. The van der Waals surface area contributed by atoms with Gasteiger partial charge in [-0.2, -0.15) is 0 Å². The fourth-order valence-electron chi connectivity index (χ4n) is 7.33. The topological polar surface area (TPSA) is 17.3 Å². The third-order valence-electron chi connectivity index (χ3n) is 9.24. The van der Waals surface area contributed by atoms with Gasteiger partial charge in [-0.25, -0.2) is 0 Å². The van der Waals surface area contributed by atoms with Crippen LogP contribution in [0, 0.1) is 20.8 Å². The molecule has 0 bridgehead atoms. The lowest BCUT2D eigenvalue weighted by Gasteiger charge is -2.24. The van der Waals surface area contributed by atoms with Crippen molar-refractivity contribution in [2.75, 3.05) is 0 Å². The molecule has 0 aliphatic rings. The summed E-state index contributed by atoms with van der Waals surface area (Å²) in [5, 5.41) is 6.46. The summed E-state index contributed by atoms with van der Waals surface area (Å²) in [5.74, 6) is 1.31. The molecule has 206 valence electrons. The molecule has 2 nitrogen and oxygen atoms in total. The average Bonchev–Trinajstić information content (AvgIpc) is 3.25. The van der Waals surface area contributed by atoms with E-state index in [1.54, 1.807) is 0 Å². The number of hydrogen-bond acceptors (Lipinski definition) is 1. The van der Waals surface area contributed by atoms with Gasteiger partial charge in [-0.05, 0) is 108 Å². The van der Waals surface area contributed by atoms with Crippen LogP contribution in [0.4, 0.5) is 0 Å². The van der Waals surface area contributed by atoms with Crippen molar-refractivity contribution < 1.29 is 0 Å². The highest BCUT2D eigenvalue weighted by atomic mass is 14.9. The Morgan fingerprint density at radius 2 is 1.32 bits per heavy atom. The van der Waals surface area contributed by atoms with Crippen molar-refractivity contribution in [3.63, 3.8) is 0 Å². The van der Waals surface area contributed by atoms with Gasteiger partial charge < -0.3 is 4.40 Å². The first-order valence-electron chi connectivity index (χ1n) is 15.2. The molecule has 7 rings (SSSR count). The van der Waals surface area contributed by atoms with Crippen LogP contribution in [-0.4, -0.2) is 9.38 Å². The lowest BCUT2D eigenvalue weighted by molar-refractivity contribution is 0.808. The average molecular weight is 537 g/mol. The fourth-order valence-corrected chi connectivity index (χ4v) is 7.33. The van der Waals surface area contributed by atoms with Gasteiger partial charge in [0.15, 0.2) is 0 Å². The first-order valence-corrected chi connectivity index (χ1v) is 15.2. The Balaban J connectivity index is 1.82. The molecule has 0 saturated carbocycles. The maximum absolute atomic E-state index is 5.04. The largest absolute Gasteiger partial charge is 0.308 e. The maximum Gasteiger partial charge on any atom is 0.0822 e. The molecule has 0 radical (unpaired) electrons. The van der Waals surface area contributed by atoms with Gasteiger partial charge in [-0.15, -0.1) is 0 Å². The van der Waals surface area contributed by atoms with Crippen molar-refractivity contribution in [3.05, 3.63) is 94.2 Å². The molecule has 4 aromatic carbocycles. The van der Waals surface area contributed by atoms with E-state index in [0.717, 1.165) is 5.52 Å². The van der Waals surface area contributed by atoms with Crippen LogP contribution in [0.2, 0.25) is 0 Å². The van der Waals surface area contributed by atoms with Crippen LogP contribution in [0.25, 0.3) is 60.1 Å². The zero-order valence-electron chi connectivity index (χ0n) is 25.9. The van der Waals surface area contributed by atoms with Gasteiger partial charge in [0.2, 0.25) is 0 Å². The molecule has 0 N–H and O–H groups in total. The molecule has 0 aliphatic carbocycles. The van der Waals surface area contributed by atoms with E-state index in [4.69, 9.17) is 4.98 Å². The minimum absolute atomic E-state index is 0.411. The SMILES string of the molecule is Cc1ccc2c(c1)c1c(-c3c(C(C)C)cc(C(C)C)cc3C(C)C)cc3ccnc4c5cc(C)cc(C)c5n2c1c34. The fraction of sp³-hybridized carbons (Fsp3) is 0.308. The van der Waals surface area contributed by atoms with Crippen molar-refractivity contribution in [2.45, 2.75) is 80.1 Å². The predicted octanol–water partition coefficient (Wildman–Crippen LogP) is 11.3. The van der Waals surface area contributed by atoms with Crippen LogP contribution < -0.4 is 0 Å². The van der Waals surface area contributed by atoms with Gasteiger partial charge in [-0.1, -0.05) is 76.9 Å². The van der Waals surface area contributed by atoms with Gasteiger partial charge in [0, 0.05) is 27.7 Å². The van der Waals surface area contributed by atoms with Crippen LogP contribution in [0.5, 0.6) is 0 Å². The van der Waals surface area contributed by atoms with E-state index in [-0.39, 0.29) is 0 Å². The van der Waals surface area contributed by atoms with Gasteiger partial charge in [0.05, 0.1) is 22.1 Å². The summed E-state index contributed by atoms with van der Waals surface area (Å²) in [4.78, 5) is 5.04. The van der Waals surface area contributed by atoms with Gasteiger partial charge >= 0.3 is 0 Å². The standard InChI is InChI=1S/C39H40N2/c1-20(2)27-18-28(21(3)4)35(29(19-27)22(5)6)31-17-26-12-13-40-37-32-16-24(8)14-25(9)38(32)41-33-11-10-23(7)15-30(33)36(31)39(41)34(26)37/h10-22H,1-9H3. The van der Waals surface area contributed by atoms with Crippen LogP contribution in [0.15, 0.2) is 60.8 Å². The van der Waals surface area contributed by atoms with E-state index >= 15 is 0 Å². The van der Waals surface area contributed by atoms with Crippen LogP contribution in [0.3, 0.4) is 0 Å². The Kier molecular flexibility index (Phi) is 5.74. The van der Waals surface area contributed by atoms with Gasteiger partial charge in [0.1, 0.15) is 0 Å². The molecule has 0 unspecified atom stereocenters. The van der Waals surface area contributed by atoms with Gasteiger partial charge in [-0.3, -0.25) is 4.98 Å². The zero-order valence-corrected chi connectivity index (χ0v) is 25.9. The number of aryl methyl sites for hydroxylation is 3. The number of benzene rings is 4. The van der Waals surface area contributed by atoms with Crippen LogP contribution >= 0.6 is 0 Å². The molecule has 0 spiro atoms. The molecule has 2 heteroatoms.